The molecule has 0 aliphatic carbocycles. The van der Waals surface area contributed by atoms with Gasteiger partial charge in [-0.15, -0.1) is 0 Å². The molecule has 2 rings (SSSR count). The van der Waals surface area contributed by atoms with Crippen molar-refractivity contribution >= 4 is 5.91 Å². The Morgan fingerprint density at radius 1 is 1.33 bits per heavy atom. The predicted molar refractivity (Wildman–Crippen MR) is 80.6 cm³/mol. The molecule has 24 heavy (non-hydrogen) atoms. The standard InChI is InChI=1S/C15H20F3N3O3/c1-11(20-4-6-24-7-5-20)8-19-13(22)10-21-9-12(15(16,17)18)2-3-14(21)23/h2-3,9,11H,4-8,10H2,1H3,(H,19,22)/t11-/m1/s1. The third kappa shape index (κ3) is 5.07. The summed E-state index contributed by atoms with van der Waals surface area (Å²) in [6, 6.07) is 1.60. The molecule has 1 aromatic heterocycles. The zero-order valence-corrected chi connectivity index (χ0v) is 13.3. The first-order chi connectivity index (χ1) is 11.3. The number of aromatic nitrogens is 1. The summed E-state index contributed by atoms with van der Waals surface area (Å²) < 4.78 is 44.0. The van der Waals surface area contributed by atoms with E-state index in [2.05, 4.69) is 10.2 Å². The molecule has 134 valence electrons. The van der Waals surface area contributed by atoms with Crippen LogP contribution >= 0.6 is 0 Å². The summed E-state index contributed by atoms with van der Waals surface area (Å²) in [7, 11) is 0. The van der Waals surface area contributed by atoms with Crippen LogP contribution in [0, 0.1) is 0 Å². The third-order valence-corrected chi connectivity index (χ3v) is 3.89. The molecule has 1 fully saturated rings. The van der Waals surface area contributed by atoms with Crippen molar-refractivity contribution in [3.8, 4) is 0 Å². The van der Waals surface area contributed by atoms with Crippen molar-refractivity contribution in [1.29, 1.82) is 0 Å². The second-order valence-corrected chi connectivity index (χ2v) is 5.68. The highest BCUT2D eigenvalue weighted by Gasteiger charge is 2.31. The number of hydrogen-bond donors (Lipinski definition) is 1. The van der Waals surface area contributed by atoms with Gasteiger partial charge in [-0.25, -0.2) is 0 Å². The average molecular weight is 347 g/mol. The summed E-state index contributed by atoms with van der Waals surface area (Å²) in [6.07, 6.45) is -3.90. The Bertz CT molecular complexity index is 624. The maximum absolute atomic E-state index is 12.7. The van der Waals surface area contributed by atoms with Crippen LogP contribution in [0.4, 0.5) is 13.2 Å². The topological polar surface area (TPSA) is 63.6 Å². The van der Waals surface area contributed by atoms with Crippen LogP contribution in [0.5, 0.6) is 0 Å². The zero-order valence-electron chi connectivity index (χ0n) is 13.3. The van der Waals surface area contributed by atoms with Crippen LogP contribution in [0.25, 0.3) is 0 Å². The Labute approximate surface area is 137 Å². The molecular formula is C15H20F3N3O3. The van der Waals surface area contributed by atoms with E-state index in [9.17, 15) is 22.8 Å². The lowest BCUT2D eigenvalue weighted by atomic mass is 10.2. The fourth-order valence-electron chi connectivity index (χ4n) is 2.44. The molecule has 1 aliphatic rings. The molecule has 1 aliphatic heterocycles. The number of morpholine rings is 1. The van der Waals surface area contributed by atoms with Crippen molar-refractivity contribution in [3.05, 3.63) is 34.2 Å². The average Bonchev–Trinajstić information content (AvgIpc) is 2.54. The van der Waals surface area contributed by atoms with E-state index >= 15 is 0 Å². The van der Waals surface area contributed by atoms with Gasteiger partial charge in [0.1, 0.15) is 6.54 Å². The second kappa shape index (κ2) is 7.80. The van der Waals surface area contributed by atoms with E-state index in [4.69, 9.17) is 4.74 Å². The van der Waals surface area contributed by atoms with Crippen molar-refractivity contribution in [3.63, 3.8) is 0 Å². The van der Waals surface area contributed by atoms with E-state index in [0.29, 0.717) is 32.0 Å². The number of halogens is 3. The number of amides is 1. The summed E-state index contributed by atoms with van der Waals surface area (Å²) in [5.41, 5.74) is -1.61. The highest BCUT2D eigenvalue weighted by Crippen LogP contribution is 2.27. The molecule has 0 spiro atoms. The quantitative estimate of drug-likeness (QED) is 0.852. The van der Waals surface area contributed by atoms with Crippen molar-refractivity contribution in [2.75, 3.05) is 32.8 Å². The number of carbonyl (C=O) groups is 1. The van der Waals surface area contributed by atoms with Crippen molar-refractivity contribution in [2.45, 2.75) is 25.7 Å². The third-order valence-electron chi connectivity index (χ3n) is 3.89. The molecule has 0 unspecified atom stereocenters. The highest BCUT2D eigenvalue weighted by atomic mass is 19.4. The minimum atomic E-state index is -4.56. The number of carbonyl (C=O) groups excluding carboxylic acids is 1. The number of alkyl halides is 3. The Balaban J connectivity index is 1.91. The van der Waals surface area contributed by atoms with Gasteiger partial charge in [0.2, 0.25) is 5.91 Å². The molecule has 1 saturated heterocycles. The van der Waals surface area contributed by atoms with Crippen LogP contribution in [-0.2, 0) is 22.3 Å². The molecular weight excluding hydrogens is 327 g/mol. The lowest BCUT2D eigenvalue weighted by Crippen LogP contribution is -2.47. The SMILES string of the molecule is C[C@H](CNC(=O)Cn1cc(C(F)(F)F)ccc1=O)N1CCOCC1. The lowest BCUT2D eigenvalue weighted by Gasteiger charge is -2.32. The van der Waals surface area contributed by atoms with E-state index < -0.39 is 29.8 Å². The largest absolute Gasteiger partial charge is 0.417 e. The van der Waals surface area contributed by atoms with E-state index in [1.165, 1.54) is 0 Å². The molecule has 0 bridgehead atoms. The zero-order chi connectivity index (χ0) is 17.7. The first-order valence-electron chi connectivity index (χ1n) is 7.63. The van der Waals surface area contributed by atoms with Gasteiger partial charge in [0.15, 0.2) is 0 Å². The number of hydrogen-bond acceptors (Lipinski definition) is 4. The van der Waals surface area contributed by atoms with E-state index in [1.54, 1.807) is 0 Å². The molecule has 0 radical (unpaired) electrons. The predicted octanol–water partition coefficient (Wildman–Crippen LogP) is 0.704. The summed E-state index contributed by atoms with van der Waals surface area (Å²) in [5.74, 6) is -0.503. The molecule has 0 saturated carbocycles. The molecule has 0 aromatic carbocycles. The Hall–Kier alpha value is -1.87. The van der Waals surface area contributed by atoms with Crippen LogP contribution in [0.1, 0.15) is 12.5 Å². The van der Waals surface area contributed by atoms with Gasteiger partial charge in [-0.2, -0.15) is 13.2 Å². The van der Waals surface area contributed by atoms with Crippen LogP contribution in [0.3, 0.4) is 0 Å². The van der Waals surface area contributed by atoms with Gasteiger partial charge < -0.3 is 14.6 Å². The Morgan fingerprint density at radius 2 is 2.00 bits per heavy atom. The normalized spacial score (nSPS) is 17.5. The monoisotopic (exact) mass is 347 g/mol. The van der Waals surface area contributed by atoms with Gasteiger partial charge >= 0.3 is 6.18 Å². The number of pyridine rings is 1. The van der Waals surface area contributed by atoms with E-state index in [0.717, 1.165) is 23.7 Å². The maximum atomic E-state index is 12.7. The molecule has 2 heterocycles. The smallest absolute Gasteiger partial charge is 0.379 e. The molecule has 6 nitrogen and oxygen atoms in total. The second-order valence-electron chi connectivity index (χ2n) is 5.68. The molecule has 1 aromatic rings. The van der Waals surface area contributed by atoms with Crippen LogP contribution in [0.2, 0.25) is 0 Å². The summed E-state index contributed by atoms with van der Waals surface area (Å²) in [4.78, 5) is 25.7. The highest BCUT2D eigenvalue weighted by molar-refractivity contribution is 5.75. The fraction of sp³-hybridized carbons (Fsp3) is 0.600. The number of rotatable bonds is 5. The molecule has 9 heteroatoms. The molecule has 1 atom stereocenters. The van der Waals surface area contributed by atoms with Crippen LogP contribution in [-0.4, -0.2) is 54.3 Å². The van der Waals surface area contributed by atoms with E-state index in [-0.39, 0.29) is 6.04 Å². The van der Waals surface area contributed by atoms with Gasteiger partial charge in [-0.3, -0.25) is 14.5 Å². The minimum Gasteiger partial charge on any atom is -0.379 e. The minimum absolute atomic E-state index is 0.0797. The molecule has 1 N–H and O–H groups in total. The Kier molecular flexibility index (Phi) is 6.00. The van der Waals surface area contributed by atoms with Crippen molar-refractivity contribution in [2.24, 2.45) is 0 Å². The molecule has 1 amide bonds. The van der Waals surface area contributed by atoms with Crippen molar-refractivity contribution < 1.29 is 22.7 Å². The Morgan fingerprint density at radius 3 is 2.62 bits per heavy atom. The van der Waals surface area contributed by atoms with Gasteiger partial charge in [-0.1, -0.05) is 0 Å². The fourth-order valence-corrected chi connectivity index (χ4v) is 2.44. The van der Waals surface area contributed by atoms with Gasteiger partial charge in [-0.05, 0) is 13.0 Å². The first-order valence-corrected chi connectivity index (χ1v) is 7.63. The number of nitrogens with one attached hydrogen (secondary N) is 1. The number of nitrogens with zero attached hydrogens (tertiary/aromatic N) is 2. The van der Waals surface area contributed by atoms with Crippen LogP contribution < -0.4 is 10.9 Å². The summed E-state index contributed by atoms with van der Waals surface area (Å²) >= 11 is 0. The van der Waals surface area contributed by atoms with Crippen LogP contribution in [0.15, 0.2) is 23.1 Å². The van der Waals surface area contributed by atoms with Gasteiger partial charge in [0, 0.05) is 37.9 Å². The van der Waals surface area contributed by atoms with Gasteiger partial charge in [0.25, 0.3) is 5.56 Å². The summed E-state index contributed by atoms with van der Waals surface area (Å²) in [5, 5.41) is 2.65. The van der Waals surface area contributed by atoms with Gasteiger partial charge in [0.05, 0.1) is 18.8 Å². The van der Waals surface area contributed by atoms with E-state index in [1.807, 2.05) is 6.92 Å². The first kappa shape index (κ1) is 18.5. The van der Waals surface area contributed by atoms with Crippen molar-refractivity contribution in [1.82, 2.24) is 14.8 Å². The number of ether oxygens (including phenoxy) is 1. The lowest BCUT2D eigenvalue weighted by molar-refractivity contribution is -0.138. The maximum Gasteiger partial charge on any atom is 0.417 e. The summed E-state index contributed by atoms with van der Waals surface area (Å²) in [6.45, 7) is 4.66.